The number of carboxylic acid groups (broad SMARTS) is 1. The van der Waals surface area contributed by atoms with Crippen LogP contribution in [0.4, 0.5) is 14.4 Å². The Morgan fingerprint density at radius 3 is 1.35 bits per heavy atom. The van der Waals surface area contributed by atoms with Gasteiger partial charge in [0.05, 0.1) is 79.3 Å². The Morgan fingerprint density at radius 2 is 0.938 bits per heavy atom. The van der Waals surface area contributed by atoms with Gasteiger partial charge in [-0.3, -0.25) is 14.4 Å². The molecule has 0 radical (unpaired) electrons. The first-order valence-corrected chi connectivity index (χ1v) is 28.0. The molecule has 6 amide bonds. The maximum Gasteiger partial charge on any atom is 1.00 e. The Morgan fingerprint density at radius 1 is 0.537 bits per heavy atom. The second-order valence-electron chi connectivity index (χ2n) is 21.8. The van der Waals surface area contributed by atoms with E-state index in [1.54, 1.807) is 20.8 Å². The molecule has 448 valence electrons. The number of carbonyl (C=O) groups is 7. The minimum atomic E-state index is -1.13. The van der Waals surface area contributed by atoms with Crippen LogP contribution >= 0.6 is 0 Å². The topological polar surface area (TPSA) is 298 Å². The van der Waals surface area contributed by atoms with Gasteiger partial charge >= 0.3 is 47.8 Å². The average molecular weight is 1140 g/mol. The number of fused-ring (bicyclic) bond motifs is 5. The average Bonchev–Trinajstić information content (AvgIpc) is 2.14. The summed E-state index contributed by atoms with van der Waals surface area (Å²) in [7, 11) is 0. The fourth-order valence-corrected chi connectivity index (χ4v) is 11.9. The Labute approximate surface area is 494 Å². The van der Waals surface area contributed by atoms with Gasteiger partial charge < -0.3 is 84.4 Å². The second-order valence-corrected chi connectivity index (χ2v) is 21.8. The van der Waals surface area contributed by atoms with Crippen LogP contribution in [-0.2, 0) is 61.8 Å². The molecule has 0 spiro atoms. The van der Waals surface area contributed by atoms with E-state index in [-0.39, 0.29) is 147 Å². The van der Waals surface area contributed by atoms with Crippen LogP contribution < -0.4 is 66.6 Å². The number of alkyl carbamates (subject to hydrolysis) is 3. The third-order valence-electron chi connectivity index (χ3n) is 16.2. The molecule has 0 aliphatic heterocycles. The van der Waals surface area contributed by atoms with Crippen molar-refractivity contribution in [3.05, 3.63) is 36.5 Å². The molecule has 0 saturated heterocycles. The quantitative estimate of drug-likeness (QED) is 0.0208. The summed E-state index contributed by atoms with van der Waals surface area (Å²) in [6.45, 7) is 27.0. The first-order valence-electron chi connectivity index (χ1n) is 28.0. The zero-order chi connectivity index (χ0) is 58.0. The Bertz CT molecular complexity index is 2050. The van der Waals surface area contributed by atoms with Crippen LogP contribution in [0, 0.1) is 46.3 Å². The van der Waals surface area contributed by atoms with Gasteiger partial charge in [0.25, 0.3) is 0 Å². The fraction of sp³-hybridized carbons (Fsp3) is 0.768. The molecule has 0 aromatic heterocycles. The van der Waals surface area contributed by atoms with Crippen molar-refractivity contribution >= 4 is 42.0 Å². The van der Waals surface area contributed by atoms with Gasteiger partial charge in [-0.2, -0.15) is 0 Å². The molecular weight excluding hydrogens is 1050 g/mol. The van der Waals surface area contributed by atoms with Crippen LogP contribution in [0.2, 0.25) is 0 Å². The standard InChI is InChI=1S/C56H92N6O17.Na/c1-36(2)49(65)57-14-20-71-26-29-74-23-17-60-52(68)77-41-12-13-55(8)40(32-41)33-45(78-53(69)61-18-24-75-30-27-72-21-15-58-50(66)37(3)4)48-43(55)35-46(56(9)42(34-44(48)56)39(7)10-11-47(63)64)79-54(70)62-19-25-76-31-28-73-22-16-59-51(67)38(5)6;/h39-46,48H,1,3,5,10-35H2,2,4,6-9H3,(H,57,65)(H,58,66)(H,59,67)(H,60,68)(H,61,69)(H,62,70)(H,63,64);/q;+1/p-1. The smallest absolute Gasteiger partial charge is 0.550 e. The fourth-order valence-electron chi connectivity index (χ4n) is 11.9. The molecule has 0 aromatic carbocycles. The maximum absolute atomic E-state index is 13.8. The van der Waals surface area contributed by atoms with Crippen molar-refractivity contribution in [2.45, 2.75) is 111 Å². The first kappa shape index (κ1) is 69.9. The van der Waals surface area contributed by atoms with Crippen molar-refractivity contribution in [2.24, 2.45) is 46.3 Å². The number of amides is 6. The van der Waals surface area contributed by atoms with Crippen LogP contribution in [0.5, 0.6) is 0 Å². The van der Waals surface area contributed by atoms with E-state index in [9.17, 15) is 38.7 Å². The third kappa shape index (κ3) is 22.4. The van der Waals surface area contributed by atoms with E-state index < -0.39 is 48.0 Å². The van der Waals surface area contributed by atoms with Gasteiger partial charge in [-0.15, -0.1) is 0 Å². The maximum atomic E-state index is 13.8. The van der Waals surface area contributed by atoms with Crippen LogP contribution in [0.3, 0.4) is 0 Å². The van der Waals surface area contributed by atoms with E-state index in [1.165, 1.54) is 0 Å². The van der Waals surface area contributed by atoms with Crippen molar-refractivity contribution in [3.63, 3.8) is 0 Å². The van der Waals surface area contributed by atoms with Gasteiger partial charge in [-0.1, -0.05) is 40.5 Å². The summed E-state index contributed by atoms with van der Waals surface area (Å²) < 4.78 is 52.4. The summed E-state index contributed by atoms with van der Waals surface area (Å²) in [6.07, 6.45) is 0.568. The Balaban J connectivity index is 0.0000168. The zero-order valence-electron chi connectivity index (χ0n) is 48.6. The largest absolute Gasteiger partial charge is 1.00 e. The molecule has 11 atom stereocenters. The van der Waals surface area contributed by atoms with Gasteiger partial charge in [0, 0.05) is 73.3 Å². The van der Waals surface area contributed by atoms with Crippen molar-refractivity contribution in [1.82, 2.24) is 31.9 Å². The number of ether oxygens (including phenoxy) is 9. The van der Waals surface area contributed by atoms with Crippen LogP contribution in [-0.4, -0.2) is 179 Å². The summed E-state index contributed by atoms with van der Waals surface area (Å²) in [4.78, 5) is 87.2. The molecule has 11 unspecified atom stereocenters. The summed E-state index contributed by atoms with van der Waals surface area (Å²) in [5.41, 5.74) is 0.346. The minimum Gasteiger partial charge on any atom is -0.550 e. The monoisotopic (exact) mass is 1140 g/mol. The Kier molecular flexibility index (Phi) is 31.7. The van der Waals surface area contributed by atoms with Crippen molar-refractivity contribution < 1.29 is 111 Å². The molecule has 6 N–H and O–H groups in total. The van der Waals surface area contributed by atoms with Crippen molar-refractivity contribution in [2.75, 3.05) is 119 Å². The predicted octanol–water partition coefficient (Wildman–Crippen LogP) is 0.106. The van der Waals surface area contributed by atoms with Gasteiger partial charge in [0.2, 0.25) is 17.7 Å². The Hall–Kier alpha value is -4.33. The molecule has 24 heteroatoms. The number of nitrogens with one attached hydrogen (secondary N) is 6. The predicted molar refractivity (Wildman–Crippen MR) is 288 cm³/mol. The van der Waals surface area contributed by atoms with Crippen molar-refractivity contribution in [3.8, 4) is 0 Å². The van der Waals surface area contributed by atoms with Gasteiger partial charge in [-0.25, -0.2) is 14.4 Å². The number of rotatable bonds is 37. The van der Waals surface area contributed by atoms with E-state index in [1.807, 2.05) is 6.92 Å². The summed E-state index contributed by atoms with van der Waals surface area (Å²) >= 11 is 0. The van der Waals surface area contributed by atoms with E-state index in [2.05, 4.69) is 65.5 Å². The van der Waals surface area contributed by atoms with E-state index in [0.29, 0.717) is 121 Å². The molecule has 4 saturated carbocycles. The number of aliphatic carboxylic acids is 1. The van der Waals surface area contributed by atoms with E-state index >= 15 is 0 Å². The second kappa shape index (κ2) is 36.3. The SMILES string of the molecule is C=C(C)C(=O)NCCOCCOCCNC(=O)OC1CCC2(C)C(C1)CC(OC(=O)NCCOCCOCCNC(=O)C(=C)C)C1C2CC(OC(=O)NCCOCCOCCNC(=O)C(=C)C)C2(C)C(C(C)CCC(=O)[O-])CC12.[Na+]. The van der Waals surface area contributed by atoms with Crippen LogP contribution in [0.25, 0.3) is 0 Å². The van der Waals surface area contributed by atoms with E-state index in [4.69, 9.17) is 42.6 Å². The molecule has 4 aliphatic rings. The molecule has 0 heterocycles. The molecule has 4 rings (SSSR count). The van der Waals surface area contributed by atoms with Crippen LogP contribution in [0.15, 0.2) is 36.5 Å². The number of carbonyl (C=O) groups excluding carboxylic acids is 7. The van der Waals surface area contributed by atoms with Crippen LogP contribution in [0.1, 0.15) is 92.9 Å². The summed E-state index contributed by atoms with van der Waals surface area (Å²) in [6, 6.07) is 0. The zero-order valence-corrected chi connectivity index (χ0v) is 50.6. The normalized spacial score (nSPS) is 25.6. The third-order valence-corrected chi connectivity index (χ3v) is 16.2. The van der Waals surface area contributed by atoms with Gasteiger partial charge in [0.1, 0.15) is 18.3 Å². The molecule has 80 heavy (non-hydrogen) atoms. The summed E-state index contributed by atoms with van der Waals surface area (Å²) in [5.74, 6) is -2.15. The van der Waals surface area contributed by atoms with Gasteiger partial charge in [-0.05, 0) is 107 Å². The number of carboxylic acids is 1. The number of hydrogen-bond donors (Lipinski definition) is 6. The van der Waals surface area contributed by atoms with E-state index in [0.717, 1.165) is 6.42 Å². The summed E-state index contributed by atoms with van der Waals surface area (Å²) in [5, 5.41) is 28.2. The molecule has 4 aliphatic carbocycles. The minimum absolute atomic E-state index is 0. The molecular formula is C56H91N6NaO17. The van der Waals surface area contributed by atoms with Gasteiger partial charge in [0.15, 0.2) is 0 Å². The molecule has 4 fully saturated rings. The first-order chi connectivity index (χ1) is 37.7. The molecule has 0 bridgehead atoms. The molecule has 0 aromatic rings. The molecule has 23 nitrogen and oxygen atoms in total. The van der Waals surface area contributed by atoms with Crippen molar-refractivity contribution in [1.29, 1.82) is 0 Å². The number of hydrogen-bond acceptors (Lipinski definition) is 17.